The number of methoxy groups -OCH3 is 1. The summed E-state index contributed by atoms with van der Waals surface area (Å²) in [5.41, 5.74) is 1.99. The van der Waals surface area contributed by atoms with E-state index in [1.54, 1.807) is 13.3 Å². The van der Waals surface area contributed by atoms with Crippen LogP contribution in [0.5, 0.6) is 5.75 Å². The van der Waals surface area contributed by atoms with Crippen LogP contribution < -0.4 is 14.5 Å². The van der Waals surface area contributed by atoms with Crippen LogP contribution in [0.15, 0.2) is 61.1 Å². The van der Waals surface area contributed by atoms with Gasteiger partial charge in [0.05, 0.1) is 25.2 Å². The minimum atomic E-state index is 0.832. The summed E-state index contributed by atoms with van der Waals surface area (Å²) in [6.07, 6.45) is 5.44. The highest BCUT2D eigenvalue weighted by molar-refractivity contribution is 5.60. The van der Waals surface area contributed by atoms with E-state index >= 15 is 0 Å². The lowest BCUT2D eigenvalue weighted by molar-refractivity contribution is 0.414. The molecule has 0 atom stereocenters. The second-order valence-electron chi connectivity index (χ2n) is 6.16. The van der Waals surface area contributed by atoms with E-state index < -0.39 is 0 Å². The number of hydrogen-bond acceptors (Lipinski definition) is 6. The van der Waals surface area contributed by atoms with Gasteiger partial charge in [-0.1, -0.05) is 30.3 Å². The van der Waals surface area contributed by atoms with Crippen molar-refractivity contribution in [3.05, 3.63) is 61.1 Å². The van der Waals surface area contributed by atoms with Gasteiger partial charge in [0.1, 0.15) is 17.4 Å². The summed E-state index contributed by atoms with van der Waals surface area (Å²) < 4.78 is 5.30. The van der Waals surface area contributed by atoms with E-state index in [2.05, 4.69) is 31.9 Å². The average Bonchev–Trinajstić information content (AvgIpc) is 2.75. The molecule has 26 heavy (non-hydrogen) atoms. The lowest BCUT2D eigenvalue weighted by atomic mass is 10.2. The van der Waals surface area contributed by atoms with Crippen molar-refractivity contribution in [2.24, 2.45) is 0 Å². The molecule has 0 bridgehead atoms. The lowest BCUT2D eigenvalue weighted by Gasteiger charge is -2.36. The van der Waals surface area contributed by atoms with Gasteiger partial charge in [0.2, 0.25) is 0 Å². The summed E-state index contributed by atoms with van der Waals surface area (Å²) >= 11 is 0. The fourth-order valence-corrected chi connectivity index (χ4v) is 3.12. The van der Waals surface area contributed by atoms with Gasteiger partial charge < -0.3 is 14.5 Å². The lowest BCUT2D eigenvalue weighted by Crippen LogP contribution is -2.47. The van der Waals surface area contributed by atoms with Crippen LogP contribution >= 0.6 is 0 Å². The zero-order valence-corrected chi connectivity index (χ0v) is 14.7. The number of hydrogen-bond donors (Lipinski definition) is 0. The van der Waals surface area contributed by atoms with Crippen molar-refractivity contribution in [1.82, 2.24) is 15.0 Å². The highest BCUT2D eigenvalue weighted by atomic mass is 16.5. The number of piperazine rings is 1. The molecule has 1 fully saturated rings. The van der Waals surface area contributed by atoms with Crippen molar-refractivity contribution in [3.8, 4) is 17.0 Å². The first kappa shape index (κ1) is 16.3. The number of rotatable bonds is 4. The molecule has 0 unspecified atom stereocenters. The highest BCUT2D eigenvalue weighted by Crippen LogP contribution is 2.22. The fourth-order valence-electron chi connectivity index (χ4n) is 3.12. The number of pyridine rings is 1. The highest BCUT2D eigenvalue weighted by Gasteiger charge is 2.20. The Hall–Kier alpha value is -3.15. The van der Waals surface area contributed by atoms with E-state index in [4.69, 9.17) is 9.72 Å². The summed E-state index contributed by atoms with van der Waals surface area (Å²) in [4.78, 5) is 18.2. The van der Waals surface area contributed by atoms with Crippen LogP contribution in [0.1, 0.15) is 0 Å². The van der Waals surface area contributed by atoms with Gasteiger partial charge >= 0.3 is 0 Å². The standard InChI is InChI=1S/C20H21N5O/c1-26-17-7-8-22-19(13-17)24-9-11-25(12-10-24)20-15-21-14-18(23-20)16-5-3-2-4-6-16/h2-8,13-15H,9-12H2,1H3. The molecular weight excluding hydrogens is 326 g/mol. The van der Waals surface area contributed by atoms with Gasteiger partial charge in [0.25, 0.3) is 0 Å². The van der Waals surface area contributed by atoms with Crippen molar-refractivity contribution in [2.75, 3.05) is 43.1 Å². The van der Waals surface area contributed by atoms with Crippen LogP contribution in [-0.2, 0) is 0 Å². The molecule has 4 rings (SSSR count). The molecule has 0 radical (unpaired) electrons. The van der Waals surface area contributed by atoms with Gasteiger partial charge in [-0.3, -0.25) is 4.98 Å². The quantitative estimate of drug-likeness (QED) is 0.723. The number of aromatic nitrogens is 3. The molecule has 0 saturated carbocycles. The zero-order chi connectivity index (χ0) is 17.8. The van der Waals surface area contributed by atoms with E-state index in [0.717, 1.165) is 54.8 Å². The van der Waals surface area contributed by atoms with Crippen molar-refractivity contribution in [3.63, 3.8) is 0 Å². The molecule has 132 valence electrons. The molecule has 2 aromatic heterocycles. The summed E-state index contributed by atoms with van der Waals surface area (Å²) in [7, 11) is 1.68. The average molecular weight is 347 g/mol. The van der Waals surface area contributed by atoms with Crippen LogP contribution in [0.4, 0.5) is 11.6 Å². The summed E-state index contributed by atoms with van der Waals surface area (Å²) in [6.45, 7) is 3.53. The Labute approximate surface area is 153 Å². The second-order valence-corrected chi connectivity index (χ2v) is 6.16. The monoisotopic (exact) mass is 347 g/mol. The molecule has 1 aromatic carbocycles. The van der Waals surface area contributed by atoms with Crippen molar-refractivity contribution < 1.29 is 4.74 Å². The third-order valence-corrected chi connectivity index (χ3v) is 4.57. The van der Waals surface area contributed by atoms with Gasteiger partial charge in [-0.05, 0) is 6.07 Å². The van der Waals surface area contributed by atoms with Crippen LogP contribution in [0, 0.1) is 0 Å². The molecule has 1 saturated heterocycles. The van der Waals surface area contributed by atoms with E-state index in [1.807, 2.05) is 42.7 Å². The molecule has 6 nitrogen and oxygen atoms in total. The van der Waals surface area contributed by atoms with Crippen molar-refractivity contribution in [1.29, 1.82) is 0 Å². The van der Waals surface area contributed by atoms with Gasteiger partial charge in [0.15, 0.2) is 0 Å². The molecule has 3 heterocycles. The molecule has 0 amide bonds. The van der Waals surface area contributed by atoms with E-state index in [1.165, 1.54) is 0 Å². The second kappa shape index (κ2) is 7.39. The fraction of sp³-hybridized carbons (Fsp3) is 0.250. The molecule has 0 aliphatic carbocycles. The Bertz CT molecular complexity index is 863. The summed E-state index contributed by atoms with van der Waals surface area (Å²) in [5, 5.41) is 0. The van der Waals surface area contributed by atoms with Crippen molar-refractivity contribution in [2.45, 2.75) is 0 Å². The molecular formula is C20H21N5O. The Morgan fingerprint density at radius 2 is 1.62 bits per heavy atom. The van der Waals surface area contributed by atoms with Crippen LogP contribution in [0.25, 0.3) is 11.3 Å². The zero-order valence-electron chi connectivity index (χ0n) is 14.7. The van der Waals surface area contributed by atoms with E-state index in [9.17, 15) is 0 Å². The van der Waals surface area contributed by atoms with E-state index in [0.29, 0.717) is 0 Å². The SMILES string of the molecule is COc1ccnc(N2CCN(c3cncc(-c4ccccc4)n3)CC2)c1. The topological polar surface area (TPSA) is 54.4 Å². The first-order valence-corrected chi connectivity index (χ1v) is 8.71. The Balaban J connectivity index is 1.46. The van der Waals surface area contributed by atoms with Crippen LogP contribution in [0.3, 0.4) is 0 Å². The van der Waals surface area contributed by atoms with Gasteiger partial charge in [-0.2, -0.15) is 0 Å². The molecule has 1 aliphatic heterocycles. The molecule has 0 spiro atoms. The minimum absolute atomic E-state index is 0.832. The molecule has 0 N–H and O–H groups in total. The summed E-state index contributed by atoms with van der Waals surface area (Å²) in [6, 6.07) is 14.0. The third kappa shape index (κ3) is 3.44. The Morgan fingerprint density at radius 1 is 0.885 bits per heavy atom. The first-order valence-electron chi connectivity index (χ1n) is 8.71. The smallest absolute Gasteiger partial charge is 0.147 e. The maximum Gasteiger partial charge on any atom is 0.147 e. The van der Waals surface area contributed by atoms with Gasteiger partial charge in [0, 0.05) is 44.0 Å². The largest absolute Gasteiger partial charge is 0.497 e. The third-order valence-electron chi connectivity index (χ3n) is 4.57. The predicted octanol–water partition coefficient (Wildman–Crippen LogP) is 2.87. The van der Waals surface area contributed by atoms with Gasteiger partial charge in [-0.25, -0.2) is 9.97 Å². The molecule has 6 heteroatoms. The van der Waals surface area contributed by atoms with Gasteiger partial charge in [-0.15, -0.1) is 0 Å². The maximum atomic E-state index is 5.30. The maximum absolute atomic E-state index is 5.30. The van der Waals surface area contributed by atoms with E-state index in [-0.39, 0.29) is 0 Å². The summed E-state index contributed by atoms with van der Waals surface area (Å²) in [5.74, 6) is 2.71. The number of benzene rings is 1. The Kier molecular flexibility index (Phi) is 4.64. The number of nitrogens with zero attached hydrogens (tertiary/aromatic N) is 5. The normalized spacial score (nSPS) is 14.3. The van der Waals surface area contributed by atoms with Crippen molar-refractivity contribution >= 4 is 11.6 Å². The predicted molar refractivity (Wildman–Crippen MR) is 103 cm³/mol. The first-order chi connectivity index (χ1) is 12.8. The minimum Gasteiger partial charge on any atom is -0.497 e. The number of ether oxygens (including phenoxy) is 1. The number of anilines is 2. The van der Waals surface area contributed by atoms with Crippen LogP contribution in [-0.4, -0.2) is 48.2 Å². The Morgan fingerprint density at radius 3 is 2.35 bits per heavy atom. The van der Waals surface area contributed by atoms with Crippen LogP contribution in [0.2, 0.25) is 0 Å². The molecule has 1 aliphatic rings. The molecule has 3 aromatic rings.